The van der Waals surface area contributed by atoms with E-state index in [1.807, 2.05) is 48.5 Å². The van der Waals surface area contributed by atoms with Gasteiger partial charge in [-0.3, -0.25) is 0 Å². The molecule has 0 amide bonds. The minimum atomic E-state index is 0.526. The quantitative estimate of drug-likeness (QED) is 0.171. The largest absolute Gasteiger partial charge is 0.455 e. The molecule has 0 radical (unpaired) electrons. The minimum absolute atomic E-state index is 0.526. The zero-order valence-corrected chi connectivity index (χ0v) is 30.1. The van der Waals surface area contributed by atoms with Crippen LogP contribution in [0.2, 0.25) is 0 Å². The normalized spacial score (nSPS) is 11.6. The van der Waals surface area contributed by atoms with Crippen LogP contribution >= 0.6 is 0 Å². The van der Waals surface area contributed by atoms with E-state index in [1.165, 1.54) is 0 Å². The summed E-state index contributed by atoms with van der Waals surface area (Å²) >= 11 is 0. The van der Waals surface area contributed by atoms with Crippen molar-refractivity contribution in [2.45, 2.75) is 0 Å². The van der Waals surface area contributed by atoms with E-state index in [-0.39, 0.29) is 0 Å². The lowest BCUT2D eigenvalue weighted by Crippen LogP contribution is -2.01. The zero-order valence-electron chi connectivity index (χ0n) is 30.1. The van der Waals surface area contributed by atoms with Gasteiger partial charge < -0.3 is 8.83 Å². The minimum Gasteiger partial charge on any atom is -0.455 e. The molecule has 8 aromatic carbocycles. The summed E-state index contributed by atoms with van der Waals surface area (Å²) in [6.07, 6.45) is 0. The third-order valence-corrected chi connectivity index (χ3v) is 10.6. The molecule has 0 saturated carbocycles. The van der Waals surface area contributed by atoms with E-state index >= 15 is 0 Å². The molecule has 3 aromatic heterocycles. The average Bonchev–Trinajstić information content (AvgIpc) is 3.86. The molecule has 3 heterocycles. The Kier molecular flexibility index (Phi) is 7.42. The van der Waals surface area contributed by atoms with Gasteiger partial charge in [-0.05, 0) is 58.1 Å². The molecule has 0 spiro atoms. The molecule has 262 valence electrons. The topological polar surface area (TPSA) is 65.0 Å². The van der Waals surface area contributed by atoms with Gasteiger partial charge in [-0.25, -0.2) is 15.0 Å². The van der Waals surface area contributed by atoms with Crippen molar-refractivity contribution in [1.82, 2.24) is 15.0 Å². The summed E-state index contributed by atoms with van der Waals surface area (Å²) in [5.74, 6) is 1.68. The lowest BCUT2D eigenvalue weighted by Gasteiger charge is -2.12. The van der Waals surface area contributed by atoms with Crippen LogP contribution in [0.3, 0.4) is 0 Å². The Morgan fingerprint density at radius 2 is 0.750 bits per heavy atom. The summed E-state index contributed by atoms with van der Waals surface area (Å²) in [6.45, 7) is 0. The van der Waals surface area contributed by atoms with E-state index in [0.717, 1.165) is 88.4 Å². The molecule has 11 aromatic rings. The van der Waals surface area contributed by atoms with Crippen LogP contribution in [-0.2, 0) is 0 Å². The molecule has 0 atom stereocenters. The number of hydrogen-bond acceptors (Lipinski definition) is 5. The van der Waals surface area contributed by atoms with Gasteiger partial charge in [0.15, 0.2) is 17.5 Å². The number of nitrogens with zero attached hydrogens (tertiary/aromatic N) is 3. The Balaban J connectivity index is 1.15. The van der Waals surface area contributed by atoms with E-state index in [9.17, 15) is 0 Å². The van der Waals surface area contributed by atoms with Crippen molar-refractivity contribution in [3.05, 3.63) is 188 Å². The summed E-state index contributed by atoms with van der Waals surface area (Å²) in [7, 11) is 0. The Morgan fingerprint density at radius 3 is 1.41 bits per heavy atom. The maximum Gasteiger partial charge on any atom is 0.167 e. The predicted octanol–water partition coefficient (Wildman–Crippen LogP) is 13.7. The first-order chi connectivity index (χ1) is 27.7. The highest BCUT2D eigenvalue weighted by atomic mass is 16.3. The first kappa shape index (κ1) is 31.9. The molecule has 0 aliphatic rings. The lowest BCUT2D eigenvalue weighted by molar-refractivity contribution is 0.669. The summed E-state index contributed by atoms with van der Waals surface area (Å²) in [4.78, 5) is 15.6. The first-order valence-corrected chi connectivity index (χ1v) is 18.7. The molecule has 56 heavy (non-hydrogen) atoms. The second kappa shape index (κ2) is 13.0. The Morgan fingerprint density at radius 1 is 0.286 bits per heavy atom. The SMILES string of the molecule is c1ccc(-c2cccc(-c3nc(-c4cccc(-c5ccccc5)c4)nc(-c4ccc(-c5cccc6c5oc5ccccc56)c5c4oc4ccccc45)n3)c2)cc1. The van der Waals surface area contributed by atoms with Gasteiger partial charge in [-0.1, -0.05) is 158 Å². The highest BCUT2D eigenvalue weighted by Crippen LogP contribution is 2.44. The number of para-hydroxylation sites is 3. The van der Waals surface area contributed by atoms with Crippen LogP contribution in [0.25, 0.3) is 111 Å². The lowest BCUT2D eigenvalue weighted by atomic mass is 9.95. The van der Waals surface area contributed by atoms with E-state index < -0.39 is 0 Å². The van der Waals surface area contributed by atoms with E-state index in [0.29, 0.717) is 23.1 Å². The second-order valence-corrected chi connectivity index (χ2v) is 13.9. The van der Waals surface area contributed by atoms with Crippen molar-refractivity contribution >= 4 is 43.9 Å². The molecule has 11 rings (SSSR count). The standard InChI is InChI=1S/C51H31N3O2/c1-3-14-32(15-4-1)34-18-11-20-36(30-34)49-52-50(37-21-12-19-35(31-37)33-16-5-2-6-17-33)54-51(53-49)43-29-28-39(46-42-23-8-10-27-45(42)56-48(43)46)41-25-13-24-40-38-22-7-9-26-44(38)55-47(40)41/h1-31H. The molecule has 0 unspecified atom stereocenters. The van der Waals surface area contributed by atoms with Gasteiger partial charge in [0, 0.05) is 38.2 Å². The fraction of sp³-hybridized carbons (Fsp3) is 0. The van der Waals surface area contributed by atoms with Crippen molar-refractivity contribution in [1.29, 1.82) is 0 Å². The highest BCUT2D eigenvalue weighted by molar-refractivity contribution is 6.19. The molecule has 5 heteroatoms. The molecule has 0 fully saturated rings. The molecule has 0 aliphatic heterocycles. The highest BCUT2D eigenvalue weighted by Gasteiger charge is 2.23. The third kappa shape index (κ3) is 5.37. The van der Waals surface area contributed by atoms with E-state index in [4.69, 9.17) is 23.8 Å². The van der Waals surface area contributed by atoms with Crippen LogP contribution in [-0.4, -0.2) is 15.0 Å². The van der Waals surface area contributed by atoms with Crippen molar-refractivity contribution in [2.24, 2.45) is 0 Å². The van der Waals surface area contributed by atoms with Crippen molar-refractivity contribution in [2.75, 3.05) is 0 Å². The Bertz CT molecular complexity index is 3150. The number of fused-ring (bicyclic) bond motifs is 6. The third-order valence-electron chi connectivity index (χ3n) is 10.6. The van der Waals surface area contributed by atoms with Gasteiger partial charge in [-0.2, -0.15) is 0 Å². The van der Waals surface area contributed by atoms with E-state index in [1.54, 1.807) is 0 Å². The molecule has 0 saturated heterocycles. The number of aromatic nitrogens is 3. The Hall–Kier alpha value is -7.63. The smallest absolute Gasteiger partial charge is 0.167 e. The molecular weight excluding hydrogens is 687 g/mol. The van der Waals surface area contributed by atoms with Gasteiger partial charge >= 0.3 is 0 Å². The van der Waals surface area contributed by atoms with Crippen LogP contribution in [0.1, 0.15) is 0 Å². The number of furan rings is 2. The molecule has 5 nitrogen and oxygen atoms in total. The molecule has 0 bridgehead atoms. The number of hydrogen-bond donors (Lipinski definition) is 0. The van der Waals surface area contributed by atoms with Crippen LogP contribution in [0.4, 0.5) is 0 Å². The second-order valence-electron chi connectivity index (χ2n) is 13.9. The summed E-state index contributed by atoms with van der Waals surface area (Å²) in [5, 5.41) is 4.15. The van der Waals surface area contributed by atoms with Gasteiger partial charge in [0.25, 0.3) is 0 Å². The maximum atomic E-state index is 6.79. The first-order valence-electron chi connectivity index (χ1n) is 18.7. The van der Waals surface area contributed by atoms with Crippen LogP contribution in [0.15, 0.2) is 197 Å². The summed E-state index contributed by atoms with van der Waals surface area (Å²) < 4.78 is 13.3. The van der Waals surface area contributed by atoms with Gasteiger partial charge in [0.2, 0.25) is 0 Å². The van der Waals surface area contributed by atoms with Gasteiger partial charge in [-0.15, -0.1) is 0 Å². The van der Waals surface area contributed by atoms with Crippen molar-refractivity contribution < 1.29 is 8.83 Å². The summed E-state index contributed by atoms with van der Waals surface area (Å²) in [5.41, 5.74) is 12.2. The van der Waals surface area contributed by atoms with Gasteiger partial charge in [0.05, 0.1) is 5.56 Å². The fourth-order valence-electron chi connectivity index (χ4n) is 7.88. The molecular formula is C51H31N3O2. The maximum absolute atomic E-state index is 6.79. The number of rotatable bonds is 6. The molecule has 0 N–H and O–H groups in total. The van der Waals surface area contributed by atoms with Crippen molar-refractivity contribution in [3.63, 3.8) is 0 Å². The van der Waals surface area contributed by atoms with Crippen LogP contribution < -0.4 is 0 Å². The predicted molar refractivity (Wildman–Crippen MR) is 227 cm³/mol. The van der Waals surface area contributed by atoms with Crippen molar-refractivity contribution in [3.8, 4) is 67.5 Å². The number of benzene rings is 8. The van der Waals surface area contributed by atoms with Crippen LogP contribution in [0.5, 0.6) is 0 Å². The van der Waals surface area contributed by atoms with Gasteiger partial charge in [0.1, 0.15) is 22.3 Å². The zero-order chi connectivity index (χ0) is 37.0. The monoisotopic (exact) mass is 717 g/mol. The molecule has 0 aliphatic carbocycles. The summed E-state index contributed by atoms with van der Waals surface area (Å²) in [6, 6.07) is 64.4. The van der Waals surface area contributed by atoms with E-state index in [2.05, 4.69) is 140 Å². The Labute approximate surface area is 322 Å². The average molecular weight is 718 g/mol. The van der Waals surface area contributed by atoms with Crippen LogP contribution in [0, 0.1) is 0 Å². The fourth-order valence-corrected chi connectivity index (χ4v) is 7.88.